The van der Waals surface area contributed by atoms with Gasteiger partial charge < -0.3 is 9.32 Å². The van der Waals surface area contributed by atoms with Gasteiger partial charge in [-0.3, -0.25) is 4.79 Å². The van der Waals surface area contributed by atoms with Gasteiger partial charge in [-0.25, -0.2) is 13.1 Å². The van der Waals surface area contributed by atoms with Crippen molar-refractivity contribution >= 4 is 21.6 Å². The summed E-state index contributed by atoms with van der Waals surface area (Å²) < 4.78 is 32.3. The average Bonchev–Trinajstić information content (AvgIpc) is 3.17. The summed E-state index contributed by atoms with van der Waals surface area (Å²) in [4.78, 5) is 13.7. The zero-order valence-corrected chi connectivity index (χ0v) is 13.6. The SMILES string of the molecule is Cc1cc(S(=O)(=O)NCc2ccco2)ccc1N1CCCC1=O. The summed E-state index contributed by atoms with van der Waals surface area (Å²) in [5.74, 6) is 0.629. The monoisotopic (exact) mass is 334 g/mol. The van der Waals surface area contributed by atoms with Crippen molar-refractivity contribution < 1.29 is 17.6 Å². The van der Waals surface area contributed by atoms with Gasteiger partial charge >= 0.3 is 0 Å². The summed E-state index contributed by atoms with van der Waals surface area (Å²) in [6, 6.07) is 8.22. The Balaban J connectivity index is 1.80. The molecule has 2 aromatic rings. The highest BCUT2D eigenvalue weighted by molar-refractivity contribution is 7.89. The molecule has 7 heteroatoms. The van der Waals surface area contributed by atoms with Crippen molar-refractivity contribution in [2.45, 2.75) is 31.2 Å². The van der Waals surface area contributed by atoms with Crippen LogP contribution in [0.5, 0.6) is 0 Å². The fourth-order valence-corrected chi connectivity index (χ4v) is 3.74. The van der Waals surface area contributed by atoms with Crippen LogP contribution in [0.25, 0.3) is 0 Å². The number of carbonyl (C=O) groups is 1. The Bertz CT molecular complexity index is 813. The second-order valence-electron chi connectivity index (χ2n) is 5.50. The third-order valence-corrected chi connectivity index (χ3v) is 5.26. The van der Waals surface area contributed by atoms with Crippen molar-refractivity contribution in [3.05, 3.63) is 47.9 Å². The Kier molecular flexibility index (Phi) is 4.23. The molecule has 1 aromatic carbocycles. The third-order valence-electron chi connectivity index (χ3n) is 3.86. The Hall–Kier alpha value is -2.12. The van der Waals surface area contributed by atoms with Crippen LogP contribution in [0, 0.1) is 6.92 Å². The molecule has 0 saturated carbocycles. The predicted molar refractivity (Wildman–Crippen MR) is 85.5 cm³/mol. The van der Waals surface area contributed by atoms with E-state index in [-0.39, 0.29) is 17.3 Å². The molecular formula is C16H18N2O4S. The molecule has 2 heterocycles. The van der Waals surface area contributed by atoms with Gasteiger partial charge in [-0.2, -0.15) is 0 Å². The number of hydrogen-bond acceptors (Lipinski definition) is 4. The van der Waals surface area contributed by atoms with Crippen LogP contribution in [-0.4, -0.2) is 20.9 Å². The average molecular weight is 334 g/mol. The van der Waals surface area contributed by atoms with E-state index in [0.29, 0.717) is 18.7 Å². The van der Waals surface area contributed by atoms with Gasteiger partial charge in [-0.05, 0) is 49.2 Å². The number of amides is 1. The Morgan fingerprint density at radius 3 is 2.74 bits per heavy atom. The molecule has 23 heavy (non-hydrogen) atoms. The van der Waals surface area contributed by atoms with E-state index in [1.54, 1.807) is 29.2 Å². The predicted octanol–water partition coefficient (Wildman–Crippen LogP) is 2.19. The standard InChI is InChI=1S/C16H18N2O4S/c1-12-10-14(6-7-15(12)18-8-2-5-16(18)19)23(20,21)17-11-13-4-3-9-22-13/h3-4,6-7,9-10,17H,2,5,8,11H2,1H3. The van der Waals surface area contributed by atoms with Crippen LogP contribution in [-0.2, 0) is 21.4 Å². The minimum absolute atomic E-state index is 0.0830. The molecule has 0 aliphatic carbocycles. The maximum Gasteiger partial charge on any atom is 0.240 e. The summed E-state index contributed by atoms with van der Waals surface area (Å²) in [5, 5.41) is 0. The molecule has 1 amide bonds. The Labute approximate surface area is 135 Å². The maximum atomic E-state index is 12.3. The molecule has 1 aromatic heterocycles. The molecule has 1 aliphatic rings. The molecule has 1 aliphatic heterocycles. The van der Waals surface area contributed by atoms with Crippen molar-refractivity contribution in [1.82, 2.24) is 4.72 Å². The van der Waals surface area contributed by atoms with Gasteiger partial charge in [0, 0.05) is 18.7 Å². The van der Waals surface area contributed by atoms with Crippen LogP contribution in [0.15, 0.2) is 45.9 Å². The van der Waals surface area contributed by atoms with E-state index in [9.17, 15) is 13.2 Å². The van der Waals surface area contributed by atoms with Crippen molar-refractivity contribution in [3.63, 3.8) is 0 Å². The number of hydrogen-bond donors (Lipinski definition) is 1. The molecule has 1 saturated heterocycles. The molecule has 0 atom stereocenters. The minimum atomic E-state index is -3.63. The van der Waals surface area contributed by atoms with Gasteiger partial charge in [0.15, 0.2) is 0 Å². The van der Waals surface area contributed by atoms with Crippen molar-refractivity contribution in [3.8, 4) is 0 Å². The van der Waals surface area contributed by atoms with E-state index in [2.05, 4.69) is 4.72 Å². The summed E-state index contributed by atoms with van der Waals surface area (Å²) in [6.07, 6.45) is 2.88. The van der Waals surface area contributed by atoms with E-state index in [1.165, 1.54) is 12.3 Å². The number of rotatable bonds is 5. The highest BCUT2D eigenvalue weighted by atomic mass is 32.2. The Morgan fingerprint density at radius 1 is 1.30 bits per heavy atom. The molecule has 1 N–H and O–H groups in total. The van der Waals surface area contributed by atoms with Crippen LogP contribution in [0.1, 0.15) is 24.2 Å². The first-order valence-corrected chi connectivity index (χ1v) is 8.89. The fourth-order valence-electron chi connectivity index (χ4n) is 2.66. The van der Waals surface area contributed by atoms with Crippen LogP contribution in [0.2, 0.25) is 0 Å². The number of anilines is 1. The fraction of sp³-hybridized carbons (Fsp3) is 0.312. The first-order valence-electron chi connectivity index (χ1n) is 7.40. The van der Waals surface area contributed by atoms with E-state index in [0.717, 1.165) is 17.7 Å². The first kappa shape index (κ1) is 15.8. The first-order chi connectivity index (χ1) is 11.0. The van der Waals surface area contributed by atoms with Crippen LogP contribution >= 0.6 is 0 Å². The lowest BCUT2D eigenvalue weighted by Gasteiger charge is -2.19. The second kappa shape index (κ2) is 6.17. The quantitative estimate of drug-likeness (QED) is 0.909. The number of carbonyl (C=O) groups excluding carboxylic acids is 1. The minimum Gasteiger partial charge on any atom is -0.468 e. The molecule has 0 bridgehead atoms. The normalized spacial score (nSPS) is 15.3. The van der Waals surface area contributed by atoms with Gasteiger partial charge in [0.1, 0.15) is 5.76 Å². The number of nitrogens with zero attached hydrogens (tertiary/aromatic N) is 1. The number of furan rings is 1. The molecular weight excluding hydrogens is 316 g/mol. The molecule has 0 radical (unpaired) electrons. The molecule has 0 spiro atoms. The molecule has 1 fully saturated rings. The Morgan fingerprint density at radius 2 is 2.13 bits per heavy atom. The van der Waals surface area contributed by atoms with Gasteiger partial charge in [0.2, 0.25) is 15.9 Å². The molecule has 122 valence electrons. The topological polar surface area (TPSA) is 79.6 Å². The number of benzene rings is 1. The second-order valence-corrected chi connectivity index (χ2v) is 7.27. The lowest BCUT2D eigenvalue weighted by atomic mass is 10.2. The number of aryl methyl sites for hydroxylation is 1. The smallest absolute Gasteiger partial charge is 0.240 e. The van der Waals surface area contributed by atoms with Crippen molar-refractivity contribution in [2.24, 2.45) is 0 Å². The lowest BCUT2D eigenvalue weighted by molar-refractivity contribution is -0.117. The van der Waals surface area contributed by atoms with Crippen LogP contribution in [0.4, 0.5) is 5.69 Å². The molecule has 6 nitrogen and oxygen atoms in total. The third kappa shape index (κ3) is 3.30. The van der Waals surface area contributed by atoms with E-state index < -0.39 is 10.0 Å². The number of nitrogens with one attached hydrogen (secondary N) is 1. The van der Waals surface area contributed by atoms with E-state index in [4.69, 9.17) is 4.42 Å². The summed E-state index contributed by atoms with van der Waals surface area (Å²) in [7, 11) is -3.63. The van der Waals surface area contributed by atoms with Crippen LogP contribution < -0.4 is 9.62 Å². The summed E-state index contributed by atoms with van der Waals surface area (Å²) in [5.41, 5.74) is 1.54. The maximum absolute atomic E-state index is 12.3. The van der Waals surface area contributed by atoms with Gasteiger partial charge in [-0.1, -0.05) is 0 Å². The highest BCUT2D eigenvalue weighted by Gasteiger charge is 2.24. The van der Waals surface area contributed by atoms with Crippen molar-refractivity contribution in [1.29, 1.82) is 0 Å². The van der Waals surface area contributed by atoms with Gasteiger partial charge in [0.05, 0.1) is 17.7 Å². The van der Waals surface area contributed by atoms with Crippen LogP contribution in [0.3, 0.4) is 0 Å². The zero-order chi connectivity index (χ0) is 16.4. The number of sulfonamides is 1. The lowest BCUT2D eigenvalue weighted by Crippen LogP contribution is -2.26. The summed E-state index contributed by atoms with van der Waals surface area (Å²) >= 11 is 0. The van der Waals surface area contributed by atoms with Gasteiger partial charge in [-0.15, -0.1) is 0 Å². The van der Waals surface area contributed by atoms with E-state index >= 15 is 0 Å². The zero-order valence-electron chi connectivity index (χ0n) is 12.8. The van der Waals surface area contributed by atoms with Crippen molar-refractivity contribution in [2.75, 3.05) is 11.4 Å². The van der Waals surface area contributed by atoms with E-state index in [1.807, 2.05) is 6.92 Å². The highest BCUT2D eigenvalue weighted by Crippen LogP contribution is 2.27. The molecule has 0 unspecified atom stereocenters. The molecule has 3 rings (SSSR count). The van der Waals surface area contributed by atoms with Gasteiger partial charge in [0.25, 0.3) is 0 Å². The summed E-state index contributed by atoms with van der Waals surface area (Å²) in [6.45, 7) is 2.59. The largest absolute Gasteiger partial charge is 0.468 e.